The molecule has 1 heterocycles. The molecule has 0 N–H and O–H groups in total. The number of thiazole rings is 1. The van der Waals surface area contributed by atoms with E-state index in [0.717, 1.165) is 27.3 Å². The van der Waals surface area contributed by atoms with Crippen molar-refractivity contribution in [1.29, 1.82) is 0 Å². The standard InChI is InChI=1S/C16H22N2S3/c1-11(2)9-18(10-12(3)4)16(19)21-15-17-13-7-5-6-8-14(13)20-15/h5-8,11-12H,9-10H2,1-4H3. The molecule has 0 aliphatic heterocycles. The number of aromatic nitrogens is 1. The number of thiocarbonyl (C=S) groups is 1. The van der Waals surface area contributed by atoms with E-state index >= 15 is 0 Å². The van der Waals surface area contributed by atoms with Gasteiger partial charge in [-0.3, -0.25) is 0 Å². The number of hydrogen-bond donors (Lipinski definition) is 0. The molecule has 0 bridgehead atoms. The molecule has 21 heavy (non-hydrogen) atoms. The topological polar surface area (TPSA) is 16.1 Å². The van der Waals surface area contributed by atoms with E-state index in [0.29, 0.717) is 11.8 Å². The second-order valence-corrected chi connectivity index (χ2v) is 8.92. The van der Waals surface area contributed by atoms with Gasteiger partial charge in [-0.05, 0) is 35.7 Å². The third kappa shape index (κ3) is 4.94. The van der Waals surface area contributed by atoms with E-state index in [2.05, 4.69) is 55.8 Å². The summed E-state index contributed by atoms with van der Waals surface area (Å²) in [5.74, 6) is 1.22. The molecule has 2 nitrogen and oxygen atoms in total. The summed E-state index contributed by atoms with van der Waals surface area (Å²) in [6, 6.07) is 8.24. The van der Waals surface area contributed by atoms with Crippen molar-refractivity contribution in [3.63, 3.8) is 0 Å². The lowest BCUT2D eigenvalue weighted by molar-refractivity contribution is 0.337. The fourth-order valence-corrected chi connectivity index (χ4v) is 4.62. The first-order valence-corrected chi connectivity index (χ1v) is 9.32. The number of rotatable bonds is 5. The molecular formula is C16H22N2S3. The molecule has 2 aromatic rings. The van der Waals surface area contributed by atoms with E-state index in [1.165, 1.54) is 4.70 Å². The van der Waals surface area contributed by atoms with Crippen molar-refractivity contribution in [1.82, 2.24) is 9.88 Å². The molecule has 0 saturated carbocycles. The highest BCUT2D eigenvalue weighted by molar-refractivity contribution is 8.23. The Morgan fingerprint density at radius 2 is 1.81 bits per heavy atom. The van der Waals surface area contributed by atoms with Crippen molar-refractivity contribution in [3.8, 4) is 0 Å². The fourth-order valence-electron chi connectivity index (χ4n) is 2.14. The van der Waals surface area contributed by atoms with Crippen LogP contribution in [0.1, 0.15) is 27.7 Å². The molecule has 0 atom stereocenters. The van der Waals surface area contributed by atoms with Crippen molar-refractivity contribution < 1.29 is 0 Å². The molecule has 1 aromatic carbocycles. The van der Waals surface area contributed by atoms with Gasteiger partial charge in [0.1, 0.15) is 4.32 Å². The highest BCUT2D eigenvalue weighted by Crippen LogP contribution is 2.31. The minimum Gasteiger partial charge on any atom is -0.357 e. The zero-order chi connectivity index (χ0) is 15.4. The number of fused-ring (bicyclic) bond motifs is 1. The Bertz CT molecular complexity index is 561. The monoisotopic (exact) mass is 338 g/mol. The summed E-state index contributed by atoms with van der Waals surface area (Å²) in [5, 5.41) is 0. The Kier molecular flexibility index (Phi) is 6.02. The SMILES string of the molecule is CC(C)CN(CC(C)C)C(=S)Sc1nc2ccccc2s1. The van der Waals surface area contributed by atoms with Crippen molar-refractivity contribution >= 4 is 49.9 Å². The highest BCUT2D eigenvalue weighted by atomic mass is 32.2. The average molecular weight is 339 g/mol. The van der Waals surface area contributed by atoms with Crippen molar-refractivity contribution in [2.75, 3.05) is 13.1 Å². The number of hydrogen-bond acceptors (Lipinski definition) is 4. The molecule has 0 radical (unpaired) electrons. The van der Waals surface area contributed by atoms with Crippen LogP contribution in [0.3, 0.4) is 0 Å². The maximum atomic E-state index is 5.65. The first-order chi connectivity index (χ1) is 9.95. The van der Waals surface area contributed by atoms with Crippen LogP contribution in [0.5, 0.6) is 0 Å². The minimum absolute atomic E-state index is 0.609. The third-order valence-corrected chi connectivity index (χ3v) is 5.42. The van der Waals surface area contributed by atoms with Crippen molar-refractivity contribution in [3.05, 3.63) is 24.3 Å². The van der Waals surface area contributed by atoms with Crippen LogP contribution in [-0.2, 0) is 0 Å². The Balaban J connectivity index is 2.09. The fraction of sp³-hybridized carbons (Fsp3) is 0.500. The van der Waals surface area contributed by atoms with Gasteiger partial charge in [-0.1, -0.05) is 52.0 Å². The Hall–Kier alpha value is -0.650. The van der Waals surface area contributed by atoms with E-state index < -0.39 is 0 Å². The predicted octanol–water partition coefficient (Wildman–Crippen LogP) is 5.29. The van der Waals surface area contributed by atoms with Gasteiger partial charge in [-0.25, -0.2) is 4.98 Å². The van der Waals surface area contributed by atoms with Gasteiger partial charge >= 0.3 is 0 Å². The zero-order valence-electron chi connectivity index (χ0n) is 13.0. The molecule has 0 fully saturated rings. The second kappa shape index (κ2) is 7.56. The molecule has 5 heteroatoms. The Labute approximate surface area is 140 Å². The molecule has 2 rings (SSSR count). The highest BCUT2D eigenvalue weighted by Gasteiger charge is 2.16. The minimum atomic E-state index is 0.609. The van der Waals surface area contributed by atoms with Gasteiger partial charge < -0.3 is 4.90 Å². The molecule has 114 valence electrons. The summed E-state index contributed by atoms with van der Waals surface area (Å²) >= 11 is 9.00. The van der Waals surface area contributed by atoms with E-state index in [4.69, 9.17) is 12.2 Å². The number of nitrogens with zero attached hydrogens (tertiary/aromatic N) is 2. The van der Waals surface area contributed by atoms with Crippen LogP contribution in [-0.4, -0.2) is 27.3 Å². The number of thioether (sulfide) groups is 1. The molecule has 0 spiro atoms. The van der Waals surface area contributed by atoms with Crippen LogP contribution in [0.25, 0.3) is 10.2 Å². The van der Waals surface area contributed by atoms with Gasteiger partial charge in [0, 0.05) is 13.1 Å². The molecule has 0 amide bonds. The quantitative estimate of drug-likeness (QED) is 0.544. The van der Waals surface area contributed by atoms with Crippen molar-refractivity contribution in [2.45, 2.75) is 32.0 Å². The normalized spacial score (nSPS) is 11.5. The molecule has 0 aliphatic rings. The summed E-state index contributed by atoms with van der Waals surface area (Å²) in [5.41, 5.74) is 1.06. The van der Waals surface area contributed by atoms with Gasteiger partial charge in [0.05, 0.1) is 10.2 Å². The van der Waals surface area contributed by atoms with Crippen molar-refractivity contribution in [2.24, 2.45) is 11.8 Å². The average Bonchev–Trinajstić information content (AvgIpc) is 2.78. The Morgan fingerprint density at radius 3 is 2.38 bits per heavy atom. The van der Waals surface area contributed by atoms with E-state index in [1.54, 1.807) is 23.1 Å². The van der Waals surface area contributed by atoms with Gasteiger partial charge in [0.25, 0.3) is 0 Å². The van der Waals surface area contributed by atoms with Crippen LogP contribution in [0.4, 0.5) is 0 Å². The van der Waals surface area contributed by atoms with E-state index in [1.807, 2.05) is 6.07 Å². The first kappa shape index (κ1) is 16.7. The van der Waals surface area contributed by atoms with Crippen LogP contribution in [0, 0.1) is 11.8 Å². The smallest absolute Gasteiger partial charge is 0.158 e. The predicted molar refractivity (Wildman–Crippen MR) is 99.3 cm³/mol. The molecule has 0 unspecified atom stereocenters. The van der Waals surface area contributed by atoms with Gasteiger partial charge in [0.15, 0.2) is 4.34 Å². The lowest BCUT2D eigenvalue weighted by Gasteiger charge is -2.27. The number of para-hydroxylation sites is 1. The molecule has 1 aromatic heterocycles. The van der Waals surface area contributed by atoms with Gasteiger partial charge in [-0.15, -0.1) is 11.3 Å². The van der Waals surface area contributed by atoms with Crippen LogP contribution in [0.2, 0.25) is 0 Å². The Morgan fingerprint density at radius 1 is 1.19 bits per heavy atom. The summed E-state index contributed by atoms with van der Waals surface area (Å²) in [6.07, 6.45) is 0. The molecular weight excluding hydrogens is 316 g/mol. The summed E-state index contributed by atoms with van der Waals surface area (Å²) in [7, 11) is 0. The summed E-state index contributed by atoms with van der Waals surface area (Å²) < 4.78 is 3.21. The van der Waals surface area contributed by atoms with E-state index in [-0.39, 0.29) is 0 Å². The summed E-state index contributed by atoms with van der Waals surface area (Å²) in [4.78, 5) is 6.98. The maximum Gasteiger partial charge on any atom is 0.158 e. The first-order valence-electron chi connectivity index (χ1n) is 7.28. The van der Waals surface area contributed by atoms with Crippen LogP contribution >= 0.6 is 35.3 Å². The number of benzene rings is 1. The van der Waals surface area contributed by atoms with Gasteiger partial charge in [-0.2, -0.15) is 0 Å². The van der Waals surface area contributed by atoms with Crippen LogP contribution < -0.4 is 0 Å². The summed E-state index contributed by atoms with van der Waals surface area (Å²) in [6.45, 7) is 11.0. The molecule has 0 saturated heterocycles. The van der Waals surface area contributed by atoms with E-state index in [9.17, 15) is 0 Å². The largest absolute Gasteiger partial charge is 0.357 e. The van der Waals surface area contributed by atoms with Gasteiger partial charge in [0.2, 0.25) is 0 Å². The maximum absolute atomic E-state index is 5.65. The lowest BCUT2D eigenvalue weighted by Crippen LogP contribution is -2.34. The third-order valence-electron chi connectivity index (χ3n) is 2.88. The zero-order valence-corrected chi connectivity index (χ0v) is 15.4. The van der Waals surface area contributed by atoms with Crippen LogP contribution in [0.15, 0.2) is 28.6 Å². The molecule has 0 aliphatic carbocycles. The lowest BCUT2D eigenvalue weighted by atomic mass is 10.1. The second-order valence-electron chi connectivity index (χ2n) is 6.01.